The number of aryl methyl sites for hydroxylation is 2. The lowest BCUT2D eigenvalue weighted by Crippen LogP contribution is -2.29. The van der Waals surface area contributed by atoms with Gasteiger partial charge in [0, 0.05) is 37.2 Å². The molecule has 0 amide bonds. The maximum atomic E-state index is 5.87. The summed E-state index contributed by atoms with van der Waals surface area (Å²) in [4.78, 5) is 0. The maximum absolute atomic E-state index is 5.87. The van der Waals surface area contributed by atoms with Crippen molar-refractivity contribution in [2.75, 3.05) is 20.3 Å². The van der Waals surface area contributed by atoms with Crippen LogP contribution in [0, 0.1) is 13.8 Å². The van der Waals surface area contributed by atoms with E-state index in [0.29, 0.717) is 31.4 Å². The Balaban J connectivity index is 1.51. The Labute approximate surface area is 151 Å². The Morgan fingerprint density at radius 3 is 2.85 bits per heavy atom. The largest absolute Gasteiger partial charge is 0.484 e. The van der Waals surface area contributed by atoms with Crippen LogP contribution in [0.5, 0.6) is 5.75 Å². The van der Waals surface area contributed by atoms with Gasteiger partial charge in [0.05, 0.1) is 13.2 Å². The summed E-state index contributed by atoms with van der Waals surface area (Å²) in [6, 6.07) is 6.08. The third kappa shape index (κ3) is 2.68. The molecule has 3 aromatic rings. The van der Waals surface area contributed by atoms with Gasteiger partial charge in [-0.1, -0.05) is 0 Å². The summed E-state index contributed by atoms with van der Waals surface area (Å²) in [5.74, 6) is 1.64. The first-order valence-electron chi connectivity index (χ1n) is 8.68. The van der Waals surface area contributed by atoms with E-state index >= 15 is 0 Å². The molecule has 138 valence electrons. The molecule has 0 spiro atoms. The summed E-state index contributed by atoms with van der Waals surface area (Å²) in [6.07, 6.45) is 0.704. The highest BCUT2D eigenvalue weighted by Crippen LogP contribution is 2.33. The molecule has 0 bridgehead atoms. The van der Waals surface area contributed by atoms with Gasteiger partial charge in [0.15, 0.2) is 12.2 Å². The monoisotopic (exact) mass is 357 g/mol. The first-order chi connectivity index (χ1) is 12.5. The summed E-state index contributed by atoms with van der Waals surface area (Å²) in [5.41, 5.74) is 3.07. The molecule has 7 heteroatoms. The molecular weight excluding hydrogens is 334 g/mol. The van der Waals surface area contributed by atoms with E-state index < -0.39 is 5.60 Å². The molecule has 0 radical (unpaired) electrons. The SMILES string of the molecule is COC1(c2nnc(COc3ccc4c(c3)c(C)c(C)n4C)o2)CCOC1. The summed E-state index contributed by atoms with van der Waals surface area (Å²) in [5, 5.41) is 9.40. The van der Waals surface area contributed by atoms with E-state index in [1.54, 1.807) is 7.11 Å². The van der Waals surface area contributed by atoms with Crippen LogP contribution in [0.3, 0.4) is 0 Å². The van der Waals surface area contributed by atoms with E-state index in [9.17, 15) is 0 Å². The third-order valence-electron chi connectivity index (χ3n) is 5.37. The number of ether oxygens (including phenoxy) is 3. The van der Waals surface area contributed by atoms with Gasteiger partial charge in [-0.3, -0.25) is 0 Å². The minimum Gasteiger partial charge on any atom is -0.484 e. The Morgan fingerprint density at radius 1 is 1.27 bits per heavy atom. The standard InChI is InChI=1S/C19H23N3O4/c1-12-13(2)22(3)16-6-5-14(9-15(12)16)25-10-17-20-21-18(26-17)19(23-4)7-8-24-11-19/h5-6,9H,7-8,10-11H2,1-4H3. The quantitative estimate of drug-likeness (QED) is 0.699. The van der Waals surface area contributed by atoms with Crippen molar-refractivity contribution in [2.24, 2.45) is 7.05 Å². The highest BCUT2D eigenvalue weighted by atomic mass is 16.6. The summed E-state index contributed by atoms with van der Waals surface area (Å²) >= 11 is 0. The van der Waals surface area contributed by atoms with Crippen molar-refractivity contribution >= 4 is 10.9 Å². The van der Waals surface area contributed by atoms with Crippen LogP contribution in [0.25, 0.3) is 10.9 Å². The van der Waals surface area contributed by atoms with Crippen molar-refractivity contribution in [1.29, 1.82) is 0 Å². The van der Waals surface area contributed by atoms with Gasteiger partial charge in [0.2, 0.25) is 0 Å². The molecule has 0 aliphatic carbocycles. The van der Waals surface area contributed by atoms with Crippen LogP contribution in [0.1, 0.15) is 29.5 Å². The highest BCUT2D eigenvalue weighted by Gasteiger charge is 2.42. The molecule has 1 unspecified atom stereocenters. The van der Waals surface area contributed by atoms with Gasteiger partial charge in [-0.25, -0.2) is 0 Å². The van der Waals surface area contributed by atoms with Gasteiger partial charge in [-0.2, -0.15) is 0 Å². The zero-order valence-corrected chi connectivity index (χ0v) is 15.5. The molecule has 1 aliphatic heterocycles. The average Bonchev–Trinajstić information content (AvgIpc) is 3.37. The number of benzene rings is 1. The van der Waals surface area contributed by atoms with E-state index in [1.807, 2.05) is 6.07 Å². The van der Waals surface area contributed by atoms with E-state index in [2.05, 4.69) is 47.8 Å². The van der Waals surface area contributed by atoms with Crippen LogP contribution in [-0.2, 0) is 28.7 Å². The van der Waals surface area contributed by atoms with Gasteiger partial charge in [0.25, 0.3) is 11.8 Å². The summed E-state index contributed by atoms with van der Waals surface area (Å²) in [7, 11) is 3.71. The first kappa shape index (κ1) is 17.1. The van der Waals surface area contributed by atoms with E-state index in [-0.39, 0.29) is 6.61 Å². The van der Waals surface area contributed by atoms with Crippen molar-refractivity contribution in [3.05, 3.63) is 41.2 Å². The lowest BCUT2D eigenvalue weighted by Gasteiger charge is -2.20. The van der Waals surface area contributed by atoms with Crippen molar-refractivity contribution in [3.8, 4) is 5.75 Å². The molecule has 1 aliphatic rings. The number of fused-ring (bicyclic) bond motifs is 1. The third-order valence-corrected chi connectivity index (χ3v) is 5.37. The van der Waals surface area contributed by atoms with Crippen molar-refractivity contribution in [1.82, 2.24) is 14.8 Å². The van der Waals surface area contributed by atoms with Crippen LogP contribution in [0.2, 0.25) is 0 Å². The number of hydrogen-bond acceptors (Lipinski definition) is 6. The predicted molar refractivity (Wildman–Crippen MR) is 95.1 cm³/mol. The molecule has 0 saturated carbocycles. The first-order valence-corrected chi connectivity index (χ1v) is 8.68. The smallest absolute Gasteiger partial charge is 0.254 e. The molecule has 0 N–H and O–H groups in total. The zero-order valence-electron chi connectivity index (χ0n) is 15.5. The minimum absolute atomic E-state index is 0.212. The highest BCUT2D eigenvalue weighted by molar-refractivity contribution is 5.86. The second kappa shape index (κ2) is 6.41. The van der Waals surface area contributed by atoms with Crippen LogP contribution in [0.4, 0.5) is 0 Å². The fourth-order valence-corrected chi connectivity index (χ4v) is 3.43. The number of aromatic nitrogens is 3. The topological polar surface area (TPSA) is 71.5 Å². The molecule has 1 atom stereocenters. The van der Waals surface area contributed by atoms with Crippen molar-refractivity contribution in [3.63, 3.8) is 0 Å². The fourth-order valence-electron chi connectivity index (χ4n) is 3.43. The normalized spacial score (nSPS) is 20.2. The molecular formula is C19H23N3O4. The molecule has 1 fully saturated rings. The maximum Gasteiger partial charge on any atom is 0.254 e. The number of nitrogens with zero attached hydrogens (tertiary/aromatic N) is 3. The number of hydrogen-bond donors (Lipinski definition) is 0. The fraction of sp³-hybridized carbons (Fsp3) is 0.474. The second-order valence-electron chi connectivity index (χ2n) is 6.74. The van der Waals surface area contributed by atoms with Gasteiger partial charge < -0.3 is 23.2 Å². The van der Waals surface area contributed by atoms with Gasteiger partial charge in [0.1, 0.15) is 5.75 Å². The predicted octanol–water partition coefficient (Wildman–Crippen LogP) is 3.02. The van der Waals surface area contributed by atoms with Gasteiger partial charge in [-0.05, 0) is 37.6 Å². The molecule has 4 rings (SSSR count). The molecule has 7 nitrogen and oxygen atoms in total. The van der Waals surface area contributed by atoms with Crippen LogP contribution in [-0.4, -0.2) is 35.1 Å². The Bertz CT molecular complexity index is 938. The number of rotatable bonds is 5. The lowest BCUT2D eigenvalue weighted by molar-refractivity contribution is -0.0420. The minimum atomic E-state index is -0.636. The Hall–Kier alpha value is -2.38. The van der Waals surface area contributed by atoms with E-state index in [4.69, 9.17) is 18.6 Å². The Kier molecular flexibility index (Phi) is 4.20. The van der Waals surface area contributed by atoms with Crippen LogP contribution < -0.4 is 4.74 Å². The molecule has 1 aromatic carbocycles. The lowest BCUT2D eigenvalue weighted by atomic mass is 10.0. The zero-order chi connectivity index (χ0) is 18.3. The van der Waals surface area contributed by atoms with Crippen molar-refractivity contribution < 1.29 is 18.6 Å². The van der Waals surface area contributed by atoms with Gasteiger partial charge in [-0.15, -0.1) is 10.2 Å². The Morgan fingerprint density at radius 2 is 2.12 bits per heavy atom. The van der Waals surface area contributed by atoms with E-state index in [0.717, 1.165) is 5.75 Å². The second-order valence-corrected chi connectivity index (χ2v) is 6.74. The van der Waals surface area contributed by atoms with Crippen LogP contribution in [0.15, 0.2) is 22.6 Å². The van der Waals surface area contributed by atoms with Crippen LogP contribution >= 0.6 is 0 Å². The summed E-state index contributed by atoms with van der Waals surface area (Å²) in [6.45, 7) is 5.50. The molecule has 3 heterocycles. The molecule has 1 saturated heterocycles. The number of methoxy groups -OCH3 is 1. The summed E-state index contributed by atoms with van der Waals surface area (Å²) < 4.78 is 24.8. The van der Waals surface area contributed by atoms with Crippen molar-refractivity contribution in [2.45, 2.75) is 32.5 Å². The molecule has 2 aromatic heterocycles. The van der Waals surface area contributed by atoms with E-state index in [1.165, 1.54) is 22.2 Å². The molecule has 26 heavy (non-hydrogen) atoms. The average molecular weight is 357 g/mol. The van der Waals surface area contributed by atoms with Gasteiger partial charge >= 0.3 is 0 Å².